The fourth-order valence-corrected chi connectivity index (χ4v) is 5.49. The van der Waals surface area contributed by atoms with E-state index in [1.165, 1.54) is 12.4 Å². The summed E-state index contributed by atoms with van der Waals surface area (Å²) < 4.78 is 0. The van der Waals surface area contributed by atoms with Gasteiger partial charge < -0.3 is 20.8 Å². The van der Waals surface area contributed by atoms with Crippen molar-refractivity contribution in [2.75, 3.05) is 11.5 Å². The van der Waals surface area contributed by atoms with Gasteiger partial charge in [0.15, 0.2) is 0 Å². The van der Waals surface area contributed by atoms with Crippen LogP contribution in [0.15, 0.2) is 60.9 Å². The van der Waals surface area contributed by atoms with E-state index in [9.17, 15) is 29.4 Å². The number of amides is 2. The van der Waals surface area contributed by atoms with Crippen LogP contribution in [0.5, 0.6) is 0 Å². The van der Waals surface area contributed by atoms with Crippen molar-refractivity contribution in [1.82, 2.24) is 30.6 Å². The quantitative estimate of drug-likeness (QED) is 0.157. The standard InChI is InChI=1S/C24H20N6O6S2/c31-21(17-9-25-13-5-1-3-7-15(13)27-17)29-19(23(33)34)11-37-38-12-20(24(35)36)30-22(32)18-10-26-14-6-2-4-8-16(14)28-18/h1-10,19-20H,11-12H2,(H,29,31)(H,30,32)(H,33,34)(H,35,36)/t19-,20-/m1/s1. The van der Waals surface area contributed by atoms with Gasteiger partial charge >= 0.3 is 11.9 Å². The fraction of sp³-hybridized carbons (Fsp3) is 0.167. The second-order valence-electron chi connectivity index (χ2n) is 7.79. The maximum atomic E-state index is 12.5. The van der Waals surface area contributed by atoms with Crippen molar-refractivity contribution in [3.8, 4) is 0 Å². The highest BCUT2D eigenvalue weighted by Gasteiger charge is 2.25. The second kappa shape index (κ2) is 12.3. The van der Waals surface area contributed by atoms with E-state index in [0.717, 1.165) is 21.6 Å². The first-order chi connectivity index (χ1) is 18.3. The van der Waals surface area contributed by atoms with Crippen molar-refractivity contribution >= 4 is 67.4 Å². The number of para-hydroxylation sites is 4. The average Bonchev–Trinajstić information content (AvgIpc) is 2.92. The summed E-state index contributed by atoms with van der Waals surface area (Å²) in [5, 5.41) is 23.8. The molecule has 2 aromatic heterocycles. The van der Waals surface area contributed by atoms with Crippen molar-refractivity contribution in [1.29, 1.82) is 0 Å². The van der Waals surface area contributed by atoms with Crippen LogP contribution in [0.4, 0.5) is 0 Å². The van der Waals surface area contributed by atoms with E-state index in [4.69, 9.17) is 0 Å². The number of carboxylic acid groups (broad SMARTS) is 2. The summed E-state index contributed by atoms with van der Waals surface area (Å²) in [4.78, 5) is 65.1. The lowest BCUT2D eigenvalue weighted by Gasteiger charge is -2.16. The Morgan fingerprint density at radius 2 is 1.03 bits per heavy atom. The normalized spacial score (nSPS) is 12.5. The summed E-state index contributed by atoms with van der Waals surface area (Å²) in [6.45, 7) is 0. The molecule has 2 aromatic carbocycles. The number of hydrogen-bond donors (Lipinski definition) is 4. The van der Waals surface area contributed by atoms with Crippen molar-refractivity contribution in [2.45, 2.75) is 12.1 Å². The van der Waals surface area contributed by atoms with Crippen molar-refractivity contribution < 1.29 is 29.4 Å². The molecule has 0 spiro atoms. The predicted octanol–water partition coefficient (Wildman–Crippen LogP) is 2.02. The number of nitrogens with zero attached hydrogens (tertiary/aromatic N) is 4. The maximum Gasteiger partial charge on any atom is 0.327 e. The molecule has 0 bridgehead atoms. The van der Waals surface area contributed by atoms with Crippen LogP contribution >= 0.6 is 21.6 Å². The van der Waals surface area contributed by atoms with Gasteiger partial charge in [-0.2, -0.15) is 0 Å². The third kappa shape index (κ3) is 6.72. The molecule has 12 nitrogen and oxygen atoms in total. The third-order valence-corrected chi connectivity index (χ3v) is 7.54. The summed E-state index contributed by atoms with van der Waals surface area (Å²) >= 11 is 0. The Labute approximate surface area is 223 Å². The average molecular weight is 553 g/mol. The molecule has 4 N–H and O–H groups in total. The summed E-state index contributed by atoms with van der Waals surface area (Å²) in [7, 11) is 2.08. The highest BCUT2D eigenvalue weighted by molar-refractivity contribution is 8.76. The second-order valence-corrected chi connectivity index (χ2v) is 10.3. The highest BCUT2D eigenvalue weighted by Crippen LogP contribution is 2.23. The van der Waals surface area contributed by atoms with Gasteiger partial charge in [-0.15, -0.1) is 0 Å². The topological polar surface area (TPSA) is 184 Å². The van der Waals surface area contributed by atoms with Crippen LogP contribution in [-0.4, -0.2) is 77.5 Å². The molecule has 194 valence electrons. The molecule has 0 radical (unpaired) electrons. The van der Waals surface area contributed by atoms with E-state index >= 15 is 0 Å². The zero-order valence-electron chi connectivity index (χ0n) is 19.5. The summed E-state index contributed by atoms with van der Waals surface area (Å²) in [6, 6.07) is 11.4. The molecule has 2 atom stereocenters. The summed E-state index contributed by atoms with van der Waals surface area (Å²) in [6.07, 6.45) is 2.52. The number of nitrogens with one attached hydrogen (secondary N) is 2. The Hall–Kier alpha value is -4.30. The van der Waals surface area contributed by atoms with Crippen LogP contribution in [-0.2, 0) is 9.59 Å². The molecule has 0 saturated carbocycles. The van der Waals surface area contributed by atoms with Gasteiger partial charge in [-0.25, -0.2) is 19.6 Å². The number of hydrogen-bond acceptors (Lipinski definition) is 10. The number of fused-ring (bicyclic) bond motifs is 2. The van der Waals surface area contributed by atoms with Crippen LogP contribution in [0.25, 0.3) is 22.1 Å². The van der Waals surface area contributed by atoms with E-state index in [2.05, 4.69) is 30.6 Å². The maximum absolute atomic E-state index is 12.5. The van der Waals surface area contributed by atoms with Crippen LogP contribution in [0.2, 0.25) is 0 Å². The zero-order valence-corrected chi connectivity index (χ0v) is 21.1. The highest BCUT2D eigenvalue weighted by atomic mass is 33.1. The van der Waals surface area contributed by atoms with E-state index in [1.807, 2.05) is 0 Å². The van der Waals surface area contributed by atoms with Crippen molar-refractivity contribution in [3.05, 3.63) is 72.3 Å². The van der Waals surface area contributed by atoms with E-state index in [0.29, 0.717) is 22.1 Å². The zero-order chi connectivity index (χ0) is 27.1. The molecule has 38 heavy (non-hydrogen) atoms. The largest absolute Gasteiger partial charge is 0.480 e. The molecule has 0 aliphatic carbocycles. The van der Waals surface area contributed by atoms with Crippen LogP contribution in [0.1, 0.15) is 21.0 Å². The molecule has 4 aromatic rings. The van der Waals surface area contributed by atoms with Crippen LogP contribution in [0, 0.1) is 0 Å². The first-order valence-corrected chi connectivity index (χ1v) is 13.6. The van der Waals surface area contributed by atoms with Gasteiger partial charge in [0.2, 0.25) is 0 Å². The number of carbonyl (C=O) groups is 4. The molecule has 0 unspecified atom stereocenters. The number of carbonyl (C=O) groups excluding carboxylic acids is 2. The van der Waals surface area contributed by atoms with E-state index < -0.39 is 35.8 Å². The minimum Gasteiger partial charge on any atom is -0.480 e. The lowest BCUT2D eigenvalue weighted by atomic mass is 10.2. The lowest BCUT2D eigenvalue weighted by molar-refractivity contribution is -0.139. The fourth-order valence-electron chi connectivity index (χ4n) is 3.18. The molecule has 0 aliphatic heterocycles. The van der Waals surface area contributed by atoms with E-state index in [1.54, 1.807) is 48.5 Å². The van der Waals surface area contributed by atoms with Crippen LogP contribution in [0.3, 0.4) is 0 Å². The third-order valence-electron chi connectivity index (χ3n) is 5.12. The molecular formula is C24H20N6O6S2. The van der Waals surface area contributed by atoms with Gasteiger partial charge in [-0.1, -0.05) is 45.9 Å². The molecule has 2 amide bonds. The number of aliphatic carboxylic acids is 2. The number of aromatic nitrogens is 4. The number of carboxylic acids is 2. The summed E-state index contributed by atoms with van der Waals surface area (Å²) in [5.74, 6) is -4.06. The monoisotopic (exact) mass is 552 g/mol. The molecule has 0 fully saturated rings. The van der Waals surface area contributed by atoms with Gasteiger partial charge in [0, 0.05) is 11.5 Å². The first kappa shape index (κ1) is 26.8. The minimum absolute atomic E-state index is 0.0296. The van der Waals surface area contributed by atoms with E-state index in [-0.39, 0.29) is 22.9 Å². The van der Waals surface area contributed by atoms with Gasteiger partial charge in [-0.05, 0) is 24.3 Å². The van der Waals surface area contributed by atoms with Crippen molar-refractivity contribution in [2.24, 2.45) is 0 Å². The smallest absolute Gasteiger partial charge is 0.327 e. The van der Waals surface area contributed by atoms with Gasteiger partial charge in [0.05, 0.1) is 34.5 Å². The Morgan fingerprint density at radius 3 is 1.39 bits per heavy atom. The molecular weight excluding hydrogens is 532 g/mol. The molecule has 0 aliphatic rings. The number of benzene rings is 2. The SMILES string of the molecule is O=C(N[C@H](CSSC[C@@H](NC(=O)c1cnc2ccccc2n1)C(=O)O)C(=O)O)c1cnc2ccccc2n1. The van der Waals surface area contributed by atoms with Gasteiger partial charge in [0.1, 0.15) is 23.5 Å². The first-order valence-electron chi connectivity index (χ1n) is 11.1. The molecule has 4 rings (SSSR count). The van der Waals surface area contributed by atoms with Gasteiger partial charge in [0.25, 0.3) is 11.8 Å². The Bertz CT molecular complexity index is 1410. The lowest BCUT2D eigenvalue weighted by Crippen LogP contribution is -2.43. The summed E-state index contributed by atoms with van der Waals surface area (Å²) in [5.41, 5.74) is 2.12. The van der Waals surface area contributed by atoms with Gasteiger partial charge in [-0.3, -0.25) is 19.6 Å². The Kier molecular flexibility index (Phi) is 8.66. The van der Waals surface area contributed by atoms with Crippen LogP contribution < -0.4 is 10.6 Å². The Morgan fingerprint density at radius 1 is 0.658 bits per heavy atom. The molecule has 14 heteroatoms. The molecule has 0 saturated heterocycles. The molecule has 2 heterocycles. The Balaban J connectivity index is 1.30. The number of rotatable bonds is 11. The minimum atomic E-state index is -1.27. The predicted molar refractivity (Wildman–Crippen MR) is 142 cm³/mol. The van der Waals surface area contributed by atoms with Crippen molar-refractivity contribution in [3.63, 3.8) is 0 Å².